The van der Waals surface area contributed by atoms with Gasteiger partial charge < -0.3 is 18.0 Å². The van der Waals surface area contributed by atoms with E-state index in [4.69, 9.17) is 8.83 Å². The number of fused-ring (bicyclic) bond motifs is 12. The lowest BCUT2D eigenvalue weighted by Crippen LogP contribution is -1.93. The second-order valence-electron chi connectivity index (χ2n) is 15.3. The highest BCUT2D eigenvalue weighted by Gasteiger charge is 2.18. The Bertz CT molecular complexity index is 3570. The SMILES string of the molecule is c1cc(-c2ccc3c(c2)c2ccccc2n3-c2ccc3oc4ccccc4c3c2)cc(-c2ccc3c(c2)c2ccccc2n3-c2ccc3oc4ccccc4c3c2)c1. The van der Waals surface area contributed by atoms with Gasteiger partial charge in [0.15, 0.2) is 0 Å². The van der Waals surface area contributed by atoms with E-state index in [1.165, 1.54) is 65.9 Å². The third-order valence-electron chi connectivity index (χ3n) is 12.1. The minimum atomic E-state index is 0.902. The molecule has 58 heavy (non-hydrogen) atoms. The van der Waals surface area contributed by atoms with E-state index >= 15 is 0 Å². The summed E-state index contributed by atoms with van der Waals surface area (Å²) in [5, 5.41) is 9.43. The molecule has 0 saturated carbocycles. The molecule has 4 heterocycles. The first-order valence-electron chi connectivity index (χ1n) is 19.7. The van der Waals surface area contributed by atoms with E-state index in [0.29, 0.717) is 0 Å². The number of hydrogen-bond acceptors (Lipinski definition) is 2. The Morgan fingerprint density at radius 2 is 0.638 bits per heavy atom. The van der Waals surface area contributed by atoms with Crippen LogP contribution < -0.4 is 0 Å². The third-order valence-corrected chi connectivity index (χ3v) is 12.1. The van der Waals surface area contributed by atoms with Crippen LogP contribution in [0, 0.1) is 0 Å². The normalized spacial score (nSPS) is 12.1. The Morgan fingerprint density at radius 3 is 1.14 bits per heavy atom. The first-order valence-corrected chi connectivity index (χ1v) is 19.7. The number of hydrogen-bond donors (Lipinski definition) is 0. The number of furan rings is 2. The van der Waals surface area contributed by atoms with Crippen LogP contribution >= 0.6 is 0 Å². The Kier molecular flexibility index (Phi) is 6.41. The van der Waals surface area contributed by atoms with Crippen LogP contribution in [0.3, 0.4) is 0 Å². The van der Waals surface area contributed by atoms with Gasteiger partial charge in [0.25, 0.3) is 0 Å². The van der Waals surface area contributed by atoms with Gasteiger partial charge >= 0.3 is 0 Å². The fourth-order valence-electron chi connectivity index (χ4n) is 9.45. The van der Waals surface area contributed by atoms with Gasteiger partial charge in [0.2, 0.25) is 0 Å². The number of para-hydroxylation sites is 4. The second-order valence-corrected chi connectivity index (χ2v) is 15.3. The van der Waals surface area contributed by atoms with Crippen LogP contribution in [0.5, 0.6) is 0 Å². The smallest absolute Gasteiger partial charge is 0.135 e. The van der Waals surface area contributed by atoms with Gasteiger partial charge in [0.05, 0.1) is 22.1 Å². The van der Waals surface area contributed by atoms with E-state index in [1.807, 2.05) is 24.3 Å². The maximum Gasteiger partial charge on any atom is 0.135 e. The maximum absolute atomic E-state index is 6.17. The van der Waals surface area contributed by atoms with Crippen molar-refractivity contribution in [3.05, 3.63) is 194 Å². The van der Waals surface area contributed by atoms with Gasteiger partial charge in [0, 0.05) is 54.5 Å². The van der Waals surface area contributed by atoms with Crippen LogP contribution in [-0.2, 0) is 0 Å². The summed E-state index contributed by atoms with van der Waals surface area (Å²) in [5.74, 6) is 0. The summed E-state index contributed by atoms with van der Waals surface area (Å²) < 4.78 is 17.1. The fourth-order valence-corrected chi connectivity index (χ4v) is 9.45. The highest BCUT2D eigenvalue weighted by atomic mass is 16.3. The molecular weight excluding hydrogens is 709 g/mol. The lowest BCUT2D eigenvalue weighted by atomic mass is 9.97. The minimum Gasteiger partial charge on any atom is -0.456 e. The van der Waals surface area contributed by atoms with Crippen LogP contribution in [0.25, 0.3) is 121 Å². The summed E-state index contributed by atoms with van der Waals surface area (Å²) in [6.07, 6.45) is 0. The second kappa shape index (κ2) is 11.8. The van der Waals surface area contributed by atoms with Gasteiger partial charge in [-0.05, 0) is 113 Å². The number of nitrogens with zero attached hydrogens (tertiary/aromatic N) is 2. The van der Waals surface area contributed by atoms with Crippen molar-refractivity contribution in [2.45, 2.75) is 0 Å². The zero-order chi connectivity index (χ0) is 37.9. The number of benzene rings is 9. The molecule has 0 spiro atoms. The van der Waals surface area contributed by atoms with Crippen molar-refractivity contribution in [3.63, 3.8) is 0 Å². The molecule has 13 aromatic rings. The Morgan fingerprint density at radius 1 is 0.241 bits per heavy atom. The molecule has 0 amide bonds. The van der Waals surface area contributed by atoms with E-state index in [9.17, 15) is 0 Å². The molecule has 0 bridgehead atoms. The predicted octanol–water partition coefficient (Wildman–Crippen LogP) is 15.0. The first-order chi connectivity index (χ1) is 28.7. The summed E-state index contributed by atoms with van der Waals surface area (Å²) in [5.41, 5.74) is 15.3. The zero-order valence-electron chi connectivity index (χ0n) is 31.2. The molecule has 4 heteroatoms. The molecule has 0 aliphatic heterocycles. The van der Waals surface area contributed by atoms with Gasteiger partial charge in [-0.2, -0.15) is 0 Å². The summed E-state index contributed by atoms with van der Waals surface area (Å²) in [7, 11) is 0. The van der Waals surface area contributed by atoms with Crippen molar-refractivity contribution in [2.75, 3.05) is 0 Å². The summed E-state index contributed by atoms with van der Waals surface area (Å²) in [6.45, 7) is 0. The largest absolute Gasteiger partial charge is 0.456 e. The van der Waals surface area contributed by atoms with E-state index in [2.05, 4.69) is 179 Å². The van der Waals surface area contributed by atoms with Crippen molar-refractivity contribution in [1.29, 1.82) is 0 Å². The first kappa shape index (κ1) is 31.4. The molecule has 4 aromatic heterocycles. The van der Waals surface area contributed by atoms with Crippen LogP contribution in [0.15, 0.2) is 203 Å². The van der Waals surface area contributed by atoms with Gasteiger partial charge in [-0.1, -0.05) is 103 Å². The molecule has 4 nitrogen and oxygen atoms in total. The summed E-state index contributed by atoms with van der Waals surface area (Å²) in [4.78, 5) is 0. The van der Waals surface area contributed by atoms with Crippen molar-refractivity contribution in [1.82, 2.24) is 9.13 Å². The molecule has 0 unspecified atom stereocenters. The molecule has 9 aromatic carbocycles. The monoisotopic (exact) mass is 740 g/mol. The number of aromatic nitrogens is 2. The zero-order valence-corrected chi connectivity index (χ0v) is 31.2. The van der Waals surface area contributed by atoms with Crippen LogP contribution in [0.2, 0.25) is 0 Å². The molecule has 270 valence electrons. The van der Waals surface area contributed by atoms with Gasteiger partial charge in [-0.25, -0.2) is 0 Å². The standard InChI is InChI=1S/C54H32N2O2/c1-5-16-47-39(12-1)43-29-35(20-24-49(43)55(47)37-22-26-53-45(31-37)41-14-3-7-18-51(41)57-53)33-10-9-11-34(28-33)36-21-25-50-44(30-36)40-13-2-6-17-48(40)56(50)38-23-27-54-46(32-38)42-15-4-8-19-52(42)58-54/h1-32H. The Labute approximate surface area is 332 Å². The third kappa shape index (κ3) is 4.51. The average Bonchev–Trinajstić information content (AvgIpc) is 4.03. The molecule has 0 N–H and O–H groups in total. The number of rotatable bonds is 4. The minimum absolute atomic E-state index is 0.902. The van der Waals surface area contributed by atoms with Gasteiger partial charge in [-0.15, -0.1) is 0 Å². The highest BCUT2D eigenvalue weighted by Crippen LogP contribution is 2.40. The van der Waals surface area contributed by atoms with Crippen molar-refractivity contribution < 1.29 is 8.83 Å². The van der Waals surface area contributed by atoms with Crippen LogP contribution in [0.1, 0.15) is 0 Å². The van der Waals surface area contributed by atoms with Crippen molar-refractivity contribution in [3.8, 4) is 33.6 Å². The quantitative estimate of drug-likeness (QED) is 0.180. The average molecular weight is 741 g/mol. The van der Waals surface area contributed by atoms with E-state index < -0.39 is 0 Å². The molecule has 0 fully saturated rings. The van der Waals surface area contributed by atoms with E-state index in [0.717, 1.165) is 55.3 Å². The molecule has 0 aliphatic carbocycles. The Hall–Kier alpha value is -7.82. The molecular formula is C54H32N2O2. The van der Waals surface area contributed by atoms with Gasteiger partial charge in [0.1, 0.15) is 22.3 Å². The summed E-state index contributed by atoms with van der Waals surface area (Å²) >= 11 is 0. The van der Waals surface area contributed by atoms with E-state index in [-0.39, 0.29) is 0 Å². The fraction of sp³-hybridized carbons (Fsp3) is 0. The Balaban J connectivity index is 0.923. The maximum atomic E-state index is 6.17. The molecule has 13 rings (SSSR count). The topological polar surface area (TPSA) is 36.1 Å². The van der Waals surface area contributed by atoms with Crippen LogP contribution in [-0.4, -0.2) is 9.13 Å². The molecule has 0 atom stereocenters. The predicted molar refractivity (Wildman–Crippen MR) is 241 cm³/mol. The van der Waals surface area contributed by atoms with Crippen molar-refractivity contribution >= 4 is 87.5 Å². The highest BCUT2D eigenvalue weighted by molar-refractivity contribution is 6.13. The van der Waals surface area contributed by atoms with E-state index in [1.54, 1.807) is 0 Å². The van der Waals surface area contributed by atoms with Crippen LogP contribution in [0.4, 0.5) is 0 Å². The van der Waals surface area contributed by atoms with Crippen molar-refractivity contribution in [2.24, 2.45) is 0 Å². The lowest BCUT2D eigenvalue weighted by molar-refractivity contribution is 0.668. The lowest BCUT2D eigenvalue weighted by Gasteiger charge is -2.10. The molecule has 0 aliphatic rings. The molecule has 0 radical (unpaired) electrons. The summed E-state index contributed by atoms with van der Waals surface area (Å²) in [6, 6.07) is 69.8. The van der Waals surface area contributed by atoms with Gasteiger partial charge in [-0.3, -0.25) is 0 Å². The molecule has 0 saturated heterocycles.